The molecule has 0 bridgehead atoms. The van der Waals surface area contributed by atoms with E-state index in [-0.39, 0.29) is 6.61 Å². The average Bonchev–Trinajstić information content (AvgIpc) is 2.78. The number of ether oxygens (including phenoxy) is 2. The Morgan fingerprint density at radius 1 is 1.37 bits per heavy atom. The molecule has 1 aliphatic heterocycles. The molecule has 112 valence electrons. The maximum atomic E-state index is 9.88. The van der Waals surface area contributed by atoms with Crippen LogP contribution in [0.3, 0.4) is 0 Å². The lowest BCUT2D eigenvalue weighted by Gasteiger charge is -2.20. The summed E-state index contributed by atoms with van der Waals surface area (Å²) >= 11 is 0. The topological polar surface area (TPSA) is 79.2 Å². The third kappa shape index (κ3) is 5.58. The predicted molar refractivity (Wildman–Crippen MR) is 71.9 cm³/mol. The van der Waals surface area contributed by atoms with Crippen LogP contribution >= 0.6 is 0 Å². The average molecular weight is 274 g/mol. The van der Waals surface area contributed by atoms with E-state index in [0.717, 1.165) is 12.8 Å². The van der Waals surface area contributed by atoms with E-state index in [1.54, 1.807) is 0 Å². The molecule has 1 heterocycles. The molecule has 1 aliphatic rings. The molecule has 19 heavy (non-hydrogen) atoms. The van der Waals surface area contributed by atoms with Crippen molar-refractivity contribution in [1.29, 1.82) is 0 Å². The van der Waals surface area contributed by atoms with Crippen LogP contribution in [0.25, 0.3) is 0 Å². The second-order valence-corrected chi connectivity index (χ2v) is 4.85. The van der Waals surface area contributed by atoms with Crippen molar-refractivity contribution < 1.29 is 24.8 Å². The van der Waals surface area contributed by atoms with Crippen LogP contribution < -0.4 is 0 Å². The Balaban J connectivity index is 2.15. The van der Waals surface area contributed by atoms with Gasteiger partial charge in [-0.25, -0.2) is 0 Å². The van der Waals surface area contributed by atoms with Crippen LogP contribution in [0.1, 0.15) is 32.6 Å². The summed E-state index contributed by atoms with van der Waals surface area (Å²) in [4.78, 5) is 0. The van der Waals surface area contributed by atoms with Gasteiger partial charge in [-0.3, -0.25) is 0 Å². The van der Waals surface area contributed by atoms with Crippen molar-refractivity contribution in [1.82, 2.24) is 0 Å². The zero-order valence-electron chi connectivity index (χ0n) is 11.6. The van der Waals surface area contributed by atoms with E-state index in [0.29, 0.717) is 6.61 Å². The van der Waals surface area contributed by atoms with Crippen molar-refractivity contribution in [3.8, 4) is 0 Å². The molecule has 1 saturated heterocycles. The second kappa shape index (κ2) is 9.44. The Kier molecular flexibility index (Phi) is 8.25. The molecule has 1 rings (SSSR count). The van der Waals surface area contributed by atoms with Crippen molar-refractivity contribution in [3.63, 3.8) is 0 Å². The SMILES string of the molecule is CCCC/C=C/CCO[C@H]1CO[C@H]([C@H](O)CO)[C@@H]1O. The van der Waals surface area contributed by atoms with Crippen molar-refractivity contribution in [3.05, 3.63) is 12.2 Å². The van der Waals surface area contributed by atoms with Crippen molar-refractivity contribution in [2.45, 2.75) is 57.0 Å². The van der Waals surface area contributed by atoms with E-state index in [1.807, 2.05) is 0 Å². The van der Waals surface area contributed by atoms with Gasteiger partial charge in [0.2, 0.25) is 0 Å². The van der Waals surface area contributed by atoms with Gasteiger partial charge in [-0.15, -0.1) is 0 Å². The summed E-state index contributed by atoms with van der Waals surface area (Å²) in [5.74, 6) is 0. The summed E-state index contributed by atoms with van der Waals surface area (Å²) in [5, 5.41) is 28.1. The van der Waals surface area contributed by atoms with E-state index >= 15 is 0 Å². The highest BCUT2D eigenvalue weighted by molar-refractivity contribution is 4.89. The largest absolute Gasteiger partial charge is 0.394 e. The van der Waals surface area contributed by atoms with Gasteiger partial charge in [-0.1, -0.05) is 31.9 Å². The van der Waals surface area contributed by atoms with Gasteiger partial charge >= 0.3 is 0 Å². The van der Waals surface area contributed by atoms with Gasteiger partial charge in [0.25, 0.3) is 0 Å². The van der Waals surface area contributed by atoms with Crippen LogP contribution in [0.4, 0.5) is 0 Å². The minimum Gasteiger partial charge on any atom is -0.394 e. The first-order valence-electron chi connectivity index (χ1n) is 7.05. The quantitative estimate of drug-likeness (QED) is 0.424. The minimum atomic E-state index is -1.06. The molecule has 0 spiro atoms. The molecule has 0 amide bonds. The Morgan fingerprint density at radius 3 is 2.79 bits per heavy atom. The summed E-state index contributed by atoms with van der Waals surface area (Å²) in [6.07, 6.45) is 5.41. The lowest BCUT2D eigenvalue weighted by molar-refractivity contribution is -0.0726. The van der Waals surface area contributed by atoms with Crippen LogP contribution in [-0.4, -0.2) is 59.6 Å². The molecule has 0 saturated carbocycles. The number of allylic oxidation sites excluding steroid dienone is 1. The minimum absolute atomic E-state index is 0.252. The monoisotopic (exact) mass is 274 g/mol. The highest BCUT2D eigenvalue weighted by atomic mass is 16.6. The Bertz CT molecular complexity index is 256. The molecule has 0 aromatic carbocycles. The van der Waals surface area contributed by atoms with E-state index in [2.05, 4.69) is 19.1 Å². The highest BCUT2D eigenvalue weighted by Gasteiger charge is 2.40. The molecule has 0 unspecified atom stereocenters. The number of hydrogen-bond donors (Lipinski definition) is 3. The van der Waals surface area contributed by atoms with Gasteiger partial charge in [0.05, 0.1) is 19.8 Å². The maximum Gasteiger partial charge on any atom is 0.114 e. The molecule has 0 radical (unpaired) electrons. The van der Waals surface area contributed by atoms with Crippen LogP contribution in [-0.2, 0) is 9.47 Å². The summed E-state index contributed by atoms with van der Waals surface area (Å²) in [6, 6.07) is 0. The molecule has 4 atom stereocenters. The molecular formula is C14H26O5. The molecule has 5 nitrogen and oxygen atoms in total. The molecule has 5 heteroatoms. The van der Waals surface area contributed by atoms with Gasteiger partial charge in [0.15, 0.2) is 0 Å². The highest BCUT2D eigenvalue weighted by Crippen LogP contribution is 2.20. The van der Waals surface area contributed by atoms with Crippen molar-refractivity contribution >= 4 is 0 Å². The van der Waals surface area contributed by atoms with Crippen LogP contribution in [0, 0.1) is 0 Å². The van der Waals surface area contributed by atoms with Crippen LogP contribution in [0.15, 0.2) is 12.2 Å². The molecular weight excluding hydrogens is 248 g/mol. The summed E-state index contributed by atoms with van der Waals surface area (Å²) < 4.78 is 10.8. The fourth-order valence-electron chi connectivity index (χ4n) is 2.05. The fraction of sp³-hybridized carbons (Fsp3) is 0.857. The number of hydrogen-bond acceptors (Lipinski definition) is 5. The van der Waals surface area contributed by atoms with Gasteiger partial charge in [-0.05, 0) is 12.8 Å². The smallest absolute Gasteiger partial charge is 0.114 e. The number of unbranched alkanes of at least 4 members (excludes halogenated alkanes) is 2. The van der Waals surface area contributed by atoms with Gasteiger partial charge in [0.1, 0.15) is 24.4 Å². The third-order valence-electron chi connectivity index (χ3n) is 3.24. The summed E-state index contributed by atoms with van der Waals surface area (Å²) in [6.45, 7) is 2.52. The standard InChI is InChI=1S/C14H26O5/c1-2-3-4-5-6-7-8-18-12-10-19-14(13(12)17)11(16)9-15/h5-6,11-17H,2-4,7-10H2,1H3/b6-5+/t11-,12+,13-,14-/m1/s1. The lowest BCUT2D eigenvalue weighted by Crippen LogP contribution is -2.41. The first-order valence-corrected chi connectivity index (χ1v) is 7.05. The molecule has 3 N–H and O–H groups in total. The molecule has 1 fully saturated rings. The Hall–Kier alpha value is -0.460. The van der Waals surface area contributed by atoms with E-state index in [1.165, 1.54) is 12.8 Å². The van der Waals surface area contributed by atoms with Gasteiger partial charge < -0.3 is 24.8 Å². The molecule has 0 aliphatic carbocycles. The predicted octanol–water partition coefficient (Wildman–Crippen LogP) is 0.621. The third-order valence-corrected chi connectivity index (χ3v) is 3.24. The van der Waals surface area contributed by atoms with E-state index < -0.39 is 31.0 Å². The Morgan fingerprint density at radius 2 is 2.11 bits per heavy atom. The zero-order valence-corrected chi connectivity index (χ0v) is 11.6. The van der Waals surface area contributed by atoms with Gasteiger partial charge in [-0.2, -0.15) is 0 Å². The summed E-state index contributed by atoms with van der Waals surface area (Å²) in [5.41, 5.74) is 0. The first kappa shape index (κ1) is 16.6. The fourth-order valence-corrected chi connectivity index (χ4v) is 2.05. The maximum absolute atomic E-state index is 9.88. The number of rotatable bonds is 9. The van der Waals surface area contributed by atoms with Crippen molar-refractivity contribution in [2.75, 3.05) is 19.8 Å². The van der Waals surface area contributed by atoms with Crippen molar-refractivity contribution in [2.24, 2.45) is 0 Å². The second-order valence-electron chi connectivity index (χ2n) is 4.85. The Labute approximate surface area is 114 Å². The zero-order chi connectivity index (χ0) is 14.1. The number of aliphatic hydroxyl groups is 3. The number of aliphatic hydroxyl groups excluding tert-OH is 3. The molecule has 0 aromatic heterocycles. The van der Waals surface area contributed by atoms with E-state index in [4.69, 9.17) is 14.6 Å². The van der Waals surface area contributed by atoms with Crippen LogP contribution in [0.2, 0.25) is 0 Å². The molecule has 0 aromatic rings. The lowest BCUT2D eigenvalue weighted by atomic mass is 10.1. The van der Waals surface area contributed by atoms with Crippen LogP contribution in [0.5, 0.6) is 0 Å². The summed E-state index contributed by atoms with van der Waals surface area (Å²) in [7, 11) is 0. The normalized spacial score (nSPS) is 29.2. The van der Waals surface area contributed by atoms with E-state index in [9.17, 15) is 10.2 Å². The first-order chi connectivity index (χ1) is 9.20. The van der Waals surface area contributed by atoms with Gasteiger partial charge in [0, 0.05) is 0 Å².